The molecular formula is C11H19F2NO4. The van der Waals surface area contributed by atoms with Crippen LogP contribution in [0.4, 0.5) is 13.6 Å². The Kier molecular flexibility index (Phi) is 6.00. The van der Waals surface area contributed by atoms with E-state index < -0.39 is 24.2 Å². The monoisotopic (exact) mass is 267 g/mol. The Morgan fingerprint density at radius 1 is 1.39 bits per heavy atom. The van der Waals surface area contributed by atoms with Crippen LogP contribution in [0.1, 0.15) is 27.2 Å². The zero-order valence-electron chi connectivity index (χ0n) is 11.0. The second kappa shape index (κ2) is 6.51. The van der Waals surface area contributed by atoms with Crippen LogP contribution in [0.25, 0.3) is 0 Å². The van der Waals surface area contributed by atoms with E-state index in [4.69, 9.17) is 9.53 Å². The van der Waals surface area contributed by atoms with Crippen molar-refractivity contribution in [3.05, 3.63) is 0 Å². The summed E-state index contributed by atoms with van der Waals surface area (Å²) < 4.78 is 34.3. The molecule has 0 bridgehead atoms. The molecule has 0 unspecified atom stereocenters. The van der Waals surface area contributed by atoms with Gasteiger partial charge in [-0.05, 0) is 20.8 Å². The normalized spacial score (nSPS) is 17.6. The Morgan fingerprint density at radius 3 is 2.17 bits per heavy atom. The Bertz CT molecular complexity index is 289. The minimum absolute atomic E-state index is 0.0713. The van der Waals surface area contributed by atoms with Crippen molar-refractivity contribution < 1.29 is 27.8 Å². The van der Waals surface area contributed by atoms with E-state index in [-0.39, 0.29) is 13.0 Å². The van der Waals surface area contributed by atoms with Crippen LogP contribution >= 0.6 is 0 Å². The molecule has 1 aliphatic rings. The summed E-state index contributed by atoms with van der Waals surface area (Å²) in [7, 11) is 1.31. The van der Waals surface area contributed by atoms with Crippen molar-refractivity contribution in [3.63, 3.8) is 0 Å². The standard InChI is InChI=1S/C9H15F2NO2.C2H4O2/c1-8(2,3)14-7(13)12-5-4-9(10,11)6-12;1-4-2-3/h4-6H2,1-3H3;2H,1H3. The maximum atomic E-state index is 12.7. The van der Waals surface area contributed by atoms with E-state index in [2.05, 4.69) is 4.74 Å². The van der Waals surface area contributed by atoms with E-state index in [9.17, 15) is 13.6 Å². The molecule has 5 nitrogen and oxygen atoms in total. The van der Waals surface area contributed by atoms with Crippen molar-refractivity contribution in [3.8, 4) is 0 Å². The van der Waals surface area contributed by atoms with Crippen molar-refractivity contribution in [1.29, 1.82) is 0 Å². The number of halogens is 2. The first-order valence-electron chi connectivity index (χ1n) is 5.43. The van der Waals surface area contributed by atoms with E-state index in [1.165, 1.54) is 7.11 Å². The predicted octanol–water partition coefficient (Wildman–Crippen LogP) is 2.05. The van der Waals surface area contributed by atoms with Gasteiger partial charge in [-0.15, -0.1) is 0 Å². The van der Waals surface area contributed by atoms with Crippen molar-refractivity contribution in [2.75, 3.05) is 20.2 Å². The molecule has 106 valence electrons. The molecule has 0 radical (unpaired) electrons. The molecule has 0 aromatic carbocycles. The minimum Gasteiger partial charge on any atom is -0.471 e. The van der Waals surface area contributed by atoms with E-state index in [0.29, 0.717) is 6.47 Å². The number of nitrogens with zero attached hydrogens (tertiary/aromatic N) is 1. The number of amides is 1. The lowest BCUT2D eigenvalue weighted by Crippen LogP contribution is -2.36. The van der Waals surface area contributed by atoms with Crippen molar-refractivity contribution >= 4 is 12.6 Å². The summed E-state index contributed by atoms with van der Waals surface area (Å²) in [4.78, 5) is 21.3. The maximum absolute atomic E-state index is 12.7. The number of alkyl halides is 2. The average molecular weight is 267 g/mol. The fourth-order valence-corrected chi connectivity index (χ4v) is 1.22. The summed E-state index contributed by atoms with van der Waals surface area (Å²) in [6.45, 7) is 5.04. The first-order valence-corrected chi connectivity index (χ1v) is 5.43. The van der Waals surface area contributed by atoms with E-state index >= 15 is 0 Å². The molecule has 0 aliphatic carbocycles. The van der Waals surface area contributed by atoms with Gasteiger partial charge >= 0.3 is 6.09 Å². The van der Waals surface area contributed by atoms with Crippen LogP contribution in [0.2, 0.25) is 0 Å². The number of methoxy groups -OCH3 is 1. The molecule has 1 rings (SSSR count). The van der Waals surface area contributed by atoms with Gasteiger partial charge < -0.3 is 14.4 Å². The third-order valence-corrected chi connectivity index (χ3v) is 1.92. The lowest BCUT2D eigenvalue weighted by Gasteiger charge is -2.24. The lowest BCUT2D eigenvalue weighted by molar-refractivity contribution is -0.126. The summed E-state index contributed by atoms with van der Waals surface area (Å²) in [5.41, 5.74) is -0.630. The first kappa shape index (κ1) is 16.6. The van der Waals surface area contributed by atoms with Gasteiger partial charge in [0.1, 0.15) is 5.60 Å². The van der Waals surface area contributed by atoms with Crippen LogP contribution in [0, 0.1) is 0 Å². The third-order valence-electron chi connectivity index (χ3n) is 1.92. The van der Waals surface area contributed by atoms with Crippen LogP contribution in [-0.2, 0) is 14.3 Å². The molecule has 1 saturated heterocycles. The molecule has 0 spiro atoms. The van der Waals surface area contributed by atoms with Crippen LogP contribution in [0.15, 0.2) is 0 Å². The molecule has 1 fully saturated rings. The van der Waals surface area contributed by atoms with E-state index in [1.807, 2.05) is 0 Å². The van der Waals surface area contributed by atoms with Crippen LogP contribution in [-0.4, -0.2) is 49.2 Å². The predicted molar refractivity (Wildman–Crippen MR) is 60.4 cm³/mol. The topological polar surface area (TPSA) is 55.8 Å². The molecule has 18 heavy (non-hydrogen) atoms. The van der Waals surface area contributed by atoms with Gasteiger partial charge in [-0.3, -0.25) is 4.79 Å². The minimum atomic E-state index is -2.75. The molecule has 0 N–H and O–H groups in total. The number of hydrogen-bond donors (Lipinski definition) is 0. The summed E-state index contributed by atoms with van der Waals surface area (Å²) in [5, 5.41) is 0. The Labute approximate surface area is 105 Å². The molecule has 0 aromatic rings. The van der Waals surface area contributed by atoms with Gasteiger partial charge in [0, 0.05) is 13.0 Å². The third kappa shape index (κ3) is 7.03. The molecule has 1 heterocycles. The summed E-state index contributed by atoms with van der Waals surface area (Å²) in [5.74, 6) is -2.75. The summed E-state index contributed by atoms with van der Waals surface area (Å²) in [6.07, 6.45) is -0.929. The SMILES string of the molecule is CC(C)(C)OC(=O)N1CCC(F)(F)C1.COC=O. The largest absolute Gasteiger partial charge is 0.471 e. The first-order chi connectivity index (χ1) is 8.11. The number of ether oxygens (including phenoxy) is 2. The molecule has 0 atom stereocenters. The number of carbonyl (C=O) groups is 2. The van der Waals surface area contributed by atoms with Gasteiger partial charge in [-0.1, -0.05) is 0 Å². The number of rotatable bonds is 1. The van der Waals surface area contributed by atoms with Crippen LogP contribution in [0.3, 0.4) is 0 Å². The van der Waals surface area contributed by atoms with Crippen molar-refractivity contribution in [1.82, 2.24) is 4.90 Å². The van der Waals surface area contributed by atoms with E-state index in [0.717, 1.165) is 4.90 Å². The summed E-state index contributed by atoms with van der Waals surface area (Å²) in [6, 6.07) is 0. The highest BCUT2D eigenvalue weighted by atomic mass is 19.3. The number of likely N-dealkylation sites (tertiary alicyclic amines) is 1. The average Bonchev–Trinajstić information content (AvgIpc) is 2.57. The van der Waals surface area contributed by atoms with Gasteiger partial charge in [0.2, 0.25) is 0 Å². The molecular weight excluding hydrogens is 248 g/mol. The molecule has 0 saturated carbocycles. The maximum Gasteiger partial charge on any atom is 0.410 e. The van der Waals surface area contributed by atoms with E-state index in [1.54, 1.807) is 20.8 Å². The van der Waals surface area contributed by atoms with Crippen molar-refractivity contribution in [2.45, 2.75) is 38.7 Å². The highest BCUT2D eigenvalue weighted by Gasteiger charge is 2.41. The quantitative estimate of drug-likeness (QED) is 0.682. The molecule has 7 heteroatoms. The zero-order chi connectivity index (χ0) is 14.4. The van der Waals surface area contributed by atoms with Crippen LogP contribution < -0.4 is 0 Å². The molecule has 1 amide bonds. The number of carbonyl (C=O) groups excluding carboxylic acids is 2. The van der Waals surface area contributed by atoms with Gasteiger partial charge in [-0.25, -0.2) is 13.6 Å². The van der Waals surface area contributed by atoms with Gasteiger partial charge in [0.05, 0.1) is 13.7 Å². The fraction of sp³-hybridized carbons (Fsp3) is 0.818. The lowest BCUT2D eigenvalue weighted by atomic mass is 10.2. The Morgan fingerprint density at radius 2 is 1.89 bits per heavy atom. The smallest absolute Gasteiger partial charge is 0.410 e. The molecule has 0 aromatic heterocycles. The van der Waals surface area contributed by atoms with Crippen molar-refractivity contribution in [2.24, 2.45) is 0 Å². The number of hydrogen-bond acceptors (Lipinski definition) is 4. The van der Waals surface area contributed by atoms with Crippen LogP contribution in [0.5, 0.6) is 0 Å². The van der Waals surface area contributed by atoms with Gasteiger partial charge in [0.25, 0.3) is 12.4 Å². The van der Waals surface area contributed by atoms with Gasteiger partial charge in [0.15, 0.2) is 0 Å². The fourth-order valence-electron chi connectivity index (χ4n) is 1.22. The second-order valence-electron chi connectivity index (χ2n) is 4.84. The second-order valence-corrected chi connectivity index (χ2v) is 4.84. The highest BCUT2D eigenvalue weighted by molar-refractivity contribution is 5.68. The van der Waals surface area contributed by atoms with Gasteiger partial charge in [-0.2, -0.15) is 0 Å². The summed E-state index contributed by atoms with van der Waals surface area (Å²) >= 11 is 0. The highest BCUT2D eigenvalue weighted by Crippen LogP contribution is 2.27. The zero-order valence-corrected chi connectivity index (χ0v) is 11.0. The molecule has 1 aliphatic heterocycles. The Balaban J connectivity index is 0.000000631. The Hall–Kier alpha value is -1.40.